The van der Waals surface area contributed by atoms with Crippen LogP contribution in [-0.4, -0.2) is 52.8 Å². The first-order chi connectivity index (χ1) is 18.4. The van der Waals surface area contributed by atoms with Crippen LogP contribution in [0.2, 0.25) is 0 Å². The molecular formula is C29H34N4O5. The maximum atomic E-state index is 12.7. The first-order valence-electron chi connectivity index (χ1n) is 13.0. The standard InChI is InChI=1S/C29H34N4O5/c1-3-37-24-8-4-5-9-25(24)38-23-7-6-14-33(19-23)27-18-30-17-26(31-27)32-28(34)16-22-12-10-21(11-13-22)15-20(2)29(35)36/h4-5,8-13,17-18,20,23H,3,6-7,14-16,19H2,1-2H3,(H,35,36)(H,31,32,34). The van der Waals surface area contributed by atoms with Crippen molar-refractivity contribution in [2.45, 2.75) is 45.6 Å². The van der Waals surface area contributed by atoms with Crippen LogP contribution in [-0.2, 0) is 22.4 Å². The molecule has 2 N–H and O–H groups in total. The second kappa shape index (κ2) is 12.9. The number of carboxylic acid groups (broad SMARTS) is 1. The second-order valence-corrected chi connectivity index (χ2v) is 9.46. The quantitative estimate of drug-likeness (QED) is 0.385. The molecule has 1 aliphatic rings. The van der Waals surface area contributed by atoms with Gasteiger partial charge in [-0.1, -0.05) is 43.3 Å². The Hall–Kier alpha value is -4.14. The number of anilines is 2. The predicted molar refractivity (Wildman–Crippen MR) is 145 cm³/mol. The van der Waals surface area contributed by atoms with Crippen molar-refractivity contribution in [2.24, 2.45) is 5.92 Å². The Morgan fingerprint density at radius 3 is 2.58 bits per heavy atom. The molecule has 2 aromatic carbocycles. The molecular weight excluding hydrogens is 484 g/mol. The Balaban J connectivity index is 1.33. The van der Waals surface area contributed by atoms with Gasteiger partial charge in [0.15, 0.2) is 17.3 Å². The number of aliphatic carboxylic acids is 1. The number of piperidine rings is 1. The molecule has 1 amide bonds. The van der Waals surface area contributed by atoms with Crippen molar-refractivity contribution in [1.82, 2.24) is 9.97 Å². The lowest BCUT2D eigenvalue weighted by Crippen LogP contribution is -2.41. The summed E-state index contributed by atoms with van der Waals surface area (Å²) in [6.45, 7) is 5.68. The first-order valence-corrected chi connectivity index (χ1v) is 13.0. The van der Waals surface area contributed by atoms with Crippen LogP contribution in [0, 0.1) is 5.92 Å². The summed E-state index contributed by atoms with van der Waals surface area (Å²) in [6, 6.07) is 15.1. The van der Waals surface area contributed by atoms with Crippen molar-refractivity contribution in [1.29, 1.82) is 0 Å². The Morgan fingerprint density at radius 1 is 1.11 bits per heavy atom. The summed E-state index contributed by atoms with van der Waals surface area (Å²) in [7, 11) is 0. The van der Waals surface area contributed by atoms with Gasteiger partial charge >= 0.3 is 5.97 Å². The van der Waals surface area contributed by atoms with E-state index in [1.165, 1.54) is 6.20 Å². The first kappa shape index (κ1) is 26.9. The van der Waals surface area contributed by atoms with Crippen LogP contribution >= 0.6 is 0 Å². The molecule has 9 heteroatoms. The van der Waals surface area contributed by atoms with Gasteiger partial charge in [-0.25, -0.2) is 4.98 Å². The molecule has 2 atom stereocenters. The van der Waals surface area contributed by atoms with Gasteiger partial charge < -0.3 is 24.8 Å². The van der Waals surface area contributed by atoms with E-state index in [1.807, 2.05) is 55.5 Å². The largest absolute Gasteiger partial charge is 0.490 e. The highest BCUT2D eigenvalue weighted by Crippen LogP contribution is 2.30. The van der Waals surface area contributed by atoms with Crippen LogP contribution in [0.15, 0.2) is 60.9 Å². The molecule has 200 valence electrons. The van der Waals surface area contributed by atoms with E-state index in [4.69, 9.17) is 14.6 Å². The Morgan fingerprint density at radius 2 is 1.84 bits per heavy atom. The molecule has 0 saturated carbocycles. The van der Waals surface area contributed by atoms with Crippen molar-refractivity contribution in [3.05, 3.63) is 72.1 Å². The highest BCUT2D eigenvalue weighted by atomic mass is 16.5. The molecule has 1 aliphatic heterocycles. The molecule has 4 rings (SSSR count). The van der Waals surface area contributed by atoms with E-state index in [1.54, 1.807) is 13.1 Å². The number of rotatable bonds is 11. The number of nitrogens with zero attached hydrogens (tertiary/aromatic N) is 3. The minimum absolute atomic E-state index is 0.0214. The Kier molecular flexibility index (Phi) is 9.13. The molecule has 1 saturated heterocycles. The molecule has 0 radical (unpaired) electrons. The lowest BCUT2D eigenvalue weighted by atomic mass is 9.99. The van der Waals surface area contributed by atoms with Gasteiger partial charge in [0.1, 0.15) is 11.9 Å². The van der Waals surface area contributed by atoms with Crippen LogP contribution in [0.1, 0.15) is 37.8 Å². The number of carbonyl (C=O) groups excluding carboxylic acids is 1. The van der Waals surface area contributed by atoms with Gasteiger partial charge in [-0.2, -0.15) is 0 Å². The maximum absolute atomic E-state index is 12.7. The van der Waals surface area contributed by atoms with E-state index in [0.717, 1.165) is 42.0 Å². The fourth-order valence-electron chi connectivity index (χ4n) is 4.42. The highest BCUT2D eigenvalue weighted by Gasteiger charge is 2.24. The summed E-state index contributed by atoms with van der Waals surface area (Å²) in [5.74, 6) is 1.07. The third-order valence-electron chi connectivity index (χ3n) is 6.39. The molecule has 0 aliphatic carbocycles. The fourth-order valence-corrected chi connectivity index (χ4v) is 4.42. The topological polar surface area (TPSA) is 114 Å². The number of para-hydroxylation sites is 2. The predicted octanol–water partition coefficient (Wildman–Crippen LogP) is 4.37. The number of carboxylic acids is 1. The van der Waals surface area contributed by atoms with Crippen molar-refractivity contribution in [2.75, 3.05) is 29.9 Å². The summed E-state index contributed by atoms with van der Waals surface area (Å²) >= 11 is 0. The van der Waals surface area contributed by atoms with E-state index in [-0.39, 0.29) is 18.4 Å². The summed E-state index contributed by atoms with van der Waals surface area (Å²) in [6.07, 6.45) is 5.71. The van der Waals surface area contributed by atoms with Crippen molar-refractivity contribution >= 4 is 23.5 Å². The van der Waals surface area contributed by atoms with Gasteiger partial charge in [-0.3, -0.25) is 14.6 Å². The highest BCUT2D eigenvalue weighted by molar-refractivity contribution is 5.91. The van der Waals surface area contributed by atoms with Gasteiger partial charge in [0.2, 0.25) is 5.91 Å². The molecule has 2 unspecified atom stereocenters. The number of ether oxygens (including phenoxy) is 2. The minimum Gasteiger partial charge on any atom is -0.490 e. The van der Waals surface area contributed by atoms with E-state index in [9.17, 15) is 9.59 Å². The summed E-state index contributed by atoms with van der Waals surface area (Å²) in [4.78, 5) is 34.8. The van der Waals surface area contributed by atoms with Gasteiger partial charge in [0.05, 0.1) is 37.9 Å². The number of benzene rings is 2. The second-order valence-electron chi connectivity index (χ2n) is 9.46. The molecule has 9 nitrogen and oxygen atoms in total. The smallest absolute Gasteiger partial charge is 0.306 e. The van der Waals surface area contributed by atoms with E-state index in [2.05, 4.69) is 20.2 Å². The van der Waals surface area contributed by atoms with Crippen LogP contribution in [0.4, 0.5) is 11.6 Å². The van der Waals surface area contributed by atoms with E-state index < -0.39 is 11.9 Å². The van der Waals surface area contributed by atoms with Crippen molar-refractivity contribution < 1.29 is 24.2 Å². The number of nitrogens with one attached hydrogen (secondary N) is 1. The Labute approximate surface area is 222 Å². The number of hydrogen-bond donors (Lipinski definition) is 2. The van der Waals surface area contributed by atoms with Gasteiger partial charge in [-0.05, 0) is 49.4 Å². The van der Waals surface area contributed by atoms with Gasteiger partial charge in [0.25, 0.3) is 0 Å². The fraction of sp³-hybridized carbons (Fsp3) is 0.379. The average Bonchev–Trinajstić information content (AvgIpc) is 2.91. The van der Waals surface area contributed by atoms with Gasteiger partial charge in [-0.15, -0.1) is 0 Å². The molecule has 1 aromatic heterocycles. The van der Waals surface area contributed by atoms with Crippen LogP contribution in [0.5, 0.6) is 11.5 Å². The number of hydrogen-bond acceptors (Lipinski definition) is 7. The third kappa shape index (κ3) is 7.44. The lowest BCUT2D eigenvalue weighted by Gasteiger charge is -2.33. The van der Waals surface area contributed by atoms with E-state index in [0.29, 0.717) is 31.2 Å². The average molecular weight is 519 g/mol. The SMILES string of the molecule is CCOc1ccccc1OC1CCCN(c2cncc(NC(=O)Cc3ccc(CC(C)C(=O)O)cc3)n2)C1. The number of amides is 1. The lowest BCUT2D eigenvalue weighted by molar-refractivity contribution is -0.141. The maximum Gasteiger partial charge on any atom is 0.306 e. The minimum atomic E-state index is -0.823. The number of carbonyl (C=O) groups is 2. The molecule has 0 spiro atoms. The molecule has 2 heterocycles. The van der Waals surface area contributed by atoms with Crippen LogP contribution in [0.3, 0.4) is 0 Å². The molecule has 38 heavy (non-hydrogen) atoms. The normalized spacial score (nSPS) is 15.9. The van der Waals surface area contributed by atoms with Crippen molar-refractivity contribution in [3.63, 3.8) is 0 Å². The van der Waals surface area contributed by atoms with Crippen LogP contribution < -0.4 is 19.7 Å². The summed E-state index contributed by atoms with van der Waals surface area (Å²) < 4.78 is 12.0. The number of aromatic nitrogens is 2. The van der Waals surface area contributed by atoms with Crippen molar-refractivity contribution in [3.8, 4) is 11.5 Å². The van der Waals surface area contributed by atoms with Crippen LogP contribution in [0.25, 0.3) is 0 Å². The zero-order chi connectivity index (χ0) is 26.9. The zero-order valence-electron chi connectivity index (χ0n) is 21.8. The summed E-state index contributed by atoms with van der Waals surface area (Å²) in [5.41, 5.74) is 1.76. The third-order valence-corrected chi connectivity index (χ3v) is 6.39. The molecule has 1 fully saturated rings. The summed E-state index contributed by atoms with van der Waals surface area (Å²) in [5, 5.41) is 11.9. The molecule has 0 bridgehead atoms. The Bertz CT molecular complexity index is 1230. The zero-order valence-corrected chi connectivity index (χ0v) is 21.8. The molecule has 3 aromatic rings. The van der Waals surface area contributed by atoms with E-state index >= 15 is 0 Å². The van der Waals surface area contributed by atoms with Gasteiger partial charge in [0, 0.05) is 6.54 Å². The monoisotopic (exact) mass is 518 g/mol.